The molecule has 2 N–H and O–H groups in total. The molecule has 0 aliphatic carbocycles. The van der Waals surface area contributed by atoms with Gasteiger partial charge in [0.25, 0.3) is 5.69 Å². The number of primary amides is 1. The summed E-state index contributed by atoms with van der Waals surface area (Å²) in [4.78, 5) is 25.6. The average molecular weight is 303 g/mol. The molecule has 1 aromatic carbocycles. The van der Waals surface area contributed by atoms with Crippen molar-refractivity contribution in [3.8, 4) is 6.07 Å². The fraction of sp³-hybridized carbons (Fsp3) is 0.429. The topological polar surface area (TPSA) is 117 Å². The molecule has 0 aromatic heterocycles. The van der Waals surface area contributed by atoms with Gasteiger partial charge in [0.1, 0.15) is 5.69 Å². The van der Waals surface area contributed by atoms with Gasteiger partial charge in [-0.15, -0.1) is 0 Å². The Hall–Kier alpha value is -2.66. The van der Waals surface area contributed by atoms with E-state index in [1.165, 1.54) is 6.07 Å². The molecule has 8 nitrogen and oxygen atoms in total. The largest absolute Gasteiger partial charge is 0.369 e. The van der Waals surface area contributed by atoms with Crippen molar-refractivity contribution < 1.29 is 9.72 Å². The Balaban J connectivity index is 2.20. The predicted octanol–water partition coefficient (Wildman–Crippen LogP) is 0.464. The predicted molar refractivity (Wildman–Crippen MR) is 80.3 cm³/mol. The molecular formula is C14H17N5O3. The Kier molecular flexibility index (Phi) is 4.91. The summed E-state index contributed by atoms with van der Waals surface area (Å²) in [6.45, 7) is 2.76. The number of carbonyl (C=O) groups is 1. The summed E-state index contributed by atoms with van der Waals surface area (Å²) in [6, 6.07) is 6.39. The average Bonchev–Trinajstić information content (AvgIpc) is 2.71. The van der Waals surface area contributed by atoms with Gasteiger partial charge in [0.2, 0.25) is 5.91 Å². The molecule has 0 bridgehead atoms. The van der Waals surface area contributed by atoms with Crippen LogP contribution in [0.2, 0.25) is 0 Å². The second-order valence-corrected chi connectivity index (χ2v) is 5.16. The molecule has 1 amide bonds. The summed E-state index contributed by atoms with van der Waals surface area (Å²) in [5.41, 5.74) is 5.90. The number of amides is 1. The van der Waals surface area contributed by atoms with Gasteiger partial charge < -0.3 is 10.6 Å². The Labute approximate surface area is 127 Å². The summed E-state index contributed by atoms with van der Waals surface area (Å²) in [5, 5.41) is 20.1. The van der Waals surface area contributed by atoms with Gasteiger partial charge >= 0.3 is 0 Å². The van der Waals surface area contributed by atoms with Gasteiger partial charge in [-0.2, -0.15) is 5.26 Å². The van der Waals surface area contributed by atoms with Crippen molar-refractivity contribution in [1.29, 1.82) is 5.26 Å². The quantitative estimate of drug-likeness (QED) is 0.638. The van der Waals surface area contributed by atoms with Crippen LogP contribution in [0.25, 0.3) is 0 Å². The zero-order valence-corrected chi connectivity index (χ0v) is 12.1. The number of anilines is 1. The minimum absolute atomic E-state index is 0.0672. The zero-order valence-electron chi connectivity index (χ0n) is 12.1. The summed E-state index contributed by atoms with van der Waals surface area (Å²) >= 11 is 0. The van der Waals surface area contributed by atoms with Crippen molar-refractivity contribution in [3.05, 3.63) is 33.9 Å². The van der Waals surface area contributed by atoms with E-state index in [2.05, 4.69) is 0 Å². The first-order valence-electron chi connectivity index (χ1n) is 6.95. The van der Waals surface area contributed by atoms with E-state index in [1.807, 2.05) is 15.9 Å². The van der Waals surface area contributed by atoms with Gasteiger partial charge in [0, 0.05) is 32.2 Å². The molecule has 1 aliphatic heterocycles. The summed E-state index contributed by atoms with van der Waals surface area (Å²) < 4.78 is 0. The number of benzene rings is 1. The van der Waals surface area contributed by atoms with Crippen LogP contribution in [0, 0.1) is 21.4 Å². The second kappa shape index (κ2) is 6.87. The van der Waals surface area contributed by atoms with Crippen molar-refractivity contribution >= 4 is 17.3 Å². The molecule has 1 heterocycles. The number of rotatable bonds is 4. The van der Waals surface area contributed by atoms with Crippen LogP contribution in [0.15, 0.2) is 18.2 Å². The first-order valence-corrected chi connectivity index (χ1v) is 6.95. The Morgan fingerprint density at radius 3 is 2.77 bits per heavy atom. The van der Waals surface area contributed by atoms with Crippen LogP contribution < -0.4 is 10.6 Å². The first kappa shape index (κ1) is 15.7. The molecule has 0 spiro atoms. The number of nitro groups is 1. The molecule has 0 radical (unpaired) electrons. The van der Waals surface area contributed by atoms with E-state index in [0.717, 1.165) is 13.0 Å². The highest BCUT2D eigenvalue weighted by Crippen LogP contribution is 2.29. The minimum Gasteiger partial charge on any atom is -0.369 e. The first-order chi connectivity index (χ1) is 10.5. The highest BCUT2D eigenvalue weighted by molar-refractivity contribution is 5.76. The number of hydrogen-bond donors (Lipinski definition) is 1. The molecule has 1 aliphatic rings. The third-order valence-corrected chi connectivity index (χ3v) is 3.61. The molecule has 0 saturated carbocycles. The van der Waals surface area contributed by atoms with Crippen molar-refractivity contribution in [1.82, 2.24) is 4.90 Å². The van der Waals surface area contributed by atoms with E-state index in [9.17, 15) is 14.9 Å². The number of nitriles is 1. The van der Waals surface area contributed by atoms with E-state index < -0.39 is 4.92 Å². The maximum atomic E-state index is 11.2. The molecule has 1 aromatic rings. The molecule has 22 heavy (non-hydrogen) atoms. The highest BCUT2D eigenvalue weighted by atomic mass is 16.6. The summed E-state index contributed by atoms with van der Waals surface area (Å²) in [6.07, 6.45) is 0.782. The highest BCUT2D eigenvalue weighted by Gasteiger charge is 2.23. The smallest absolute Gasteiger partial charge is 0.293 e. The van der Waals surface area contributed by atoms with Crippen molar-refractivity contribution in [2.45, 2.75) is 6.42 Å². The van der Waals surface area contributed by atoms with Crippen LogP contribution in [-0.4, -0.2) is 48.5 Å². The summed E-state index contributed by atoms with van der Waals surface area (Å²) in [7, 11) is 0. The van der Waals surface area contributed by atoms with Gasteiger partial charge in [0.15, 0.2) is 0 Å². The molecule has 1 fully saturated rings. The molecule has 1 saturated heterocycles. The Morgan fingerprint density at radius 1 is 1.36 bits per heavy atom. The zero-order chi connectivity index (χ0) is 16.1. The lowest BCUT2D eigenvalue weighted by molar-refractivity contribution is -0.384. The van der Waals surface area contributed by atoms with E-state index in [1.54, 1.807) is 12.1 Å². The maximum absolute atomic E-state index is 11.2. The van der Waals surface area contributed by atoms with Crippen LogP contribution in [0.4, 0.5) is 11.4 Å². The molecular weight excluding hydrogens is 286 g/mol. The van der Waals surface area contributed by atoms with Crippen molar-refractivity contribution in [2.24, 2.45) is 5.73 Å². The summed E-state index contributed by atoms with van der Waals surface area (Å²) in [5.74, 6) is -0.377. The van der Waals surface area contributed by atoms with Crippen LogP contribution in [0.1, 0.15) is 12.0 Å². The normalized spacial score (nSPS) is 15.9. The van der Waals surface area contributed by atoms with Gasteiger partial charge in [-0.1, -0.05) is 0 Å². The van der Waals surface area contributed by atoms with Gasteiger partial charge in [-0.3, -0.25) is 19.8 Å². The number of nitro benzene ring substituents is 1. The molecule has 2 rings (SSSR count). The van der Waals surface area contributed by atoms with Crippen LogP contribution in [0.5, 0.6) is 0 Å². The van der Waals surface area contributed by atoms with E-state index in [0.29, 0.717) is 25.3 Å². The van der Waals surface area contributed by atoms with E-state index in [-0.39, 0.29) is 23.7 Å². The lowest BCUT2D eigenvalue weighted by atomic mass is 10.1. The van der Waals surface area contributed by atoms with Gasteiger partial charge in [0.05, 0.1) is 23.1 Å². The molecule has 8 heteroatoms. The van der Waals surface area contributed by atoms with E-state index >= 15 is 0 Å². The third kappa shape index (κ3) is 3.71. The third-order valence-electron chi connectivity index (χ3n) is 3.61. The maximum Gasteiger partial charge on any atom is 0.293 e. The Morgan fingerprint density at radius 2 is 2.14 bits per heavy atom. The van der Waals surface area contributed by atoms with Gasteiger partial charge in [-0.25, -0.2) is 0 Å². The minimum atomic E-state index is -0.470. The lowest BCUT2D eigenvalue weighted by Gasteiger charge is -2.23. The van der Waals surface area contributed by atoms with E-state index in [4.69, 9.17) is 11.0 Å². The number of nitrogens with zero attached hydrogens (tertiary/aromatic N) is 4. The lowest BCUT2D eigenvalue weighted by Crippen LogP contribution is -2.36. The van der Waals surface area contributed by atoms with Gasteiger partial charge in [-0.05, 0) is 18.6 Å². The fourth-order valence-corrected chi connectivity index (χ4v) is 2.60. The standard InChI is InChI=1S/C14H17N5O3/c15-9-11-2-3-12(13(8-11)19(21)22)18-5-1-4-17(6-7-18)10-14(16)20/h2-3,8H,1,4-7,10H2,(H2,16,20). The molecule has 0 unspecified atom stereocenters. The van der Waals surface area contributed by atoms with Crippen molar-refractivity contribution in [3.63, 3.8) is 0 Å². The van der Waals surface area contributed by atoms with Crippen LogP contribution in [0.3, 0.4) is 0 Å². The number of nitrogens with two attached hydrogens (primary N) is 1. The monoisotopic (exact) mass is 303 g/mol. The van der Waals surface area contributed by atoms with Crippen LogP contribution in [-0.2, 0) is 4.79 Å². The number of carbonyl (C=O) groups excluding carboxylic acids is 1. The Bertz CT molecular complexity index is 625. The second-order valence-electron chi connectivity index (χ2n) is 5.16. The molecule has 116 valence electrons. The fourth-order valence-electron chi connectivity index (χ4n) is 2.60. The van der Waals surface area contributed by atoms with Crippen LogP contribution >= 0.6 is 0 Å². The number of hydrogen-bond acceptors (Lipinski definition) is 6. The van der Waals surface area contributed by atoms with Crippen molar-refractivity contribution in [2.75, 3.05) is 37.6 Å². The SMILES string of the molecule is N#Cc1ccc(N2CCCN(CC(N)=O)CC2)c([N+](=O)[O-])c1. The molecule has 0 atom stereocenters.